The summed E-state index contributed by atoms with van der Waals surface area (Å²) in [6.45, 7) is 4.68. The number of piperidine rings is 1. The zero-order chi connectivity index (χ0) is 20.2. The number of carbonyl (C=O) groups is 2. The number of benzene rings is 2. The summed E-state index contributed by atoms with van der Waals surface area (Å²) in [5.74, 6) is 1.21. The monoisotopic (exact) mass is 393 g/mol. The fourth-order valence-corrected chi connectivity index (χ4v) is 3.97. The second-order valence-electron chi connectivity index (χ2n) is 7.88. The standard InChI is InChI=1S/C23H27N3O3/c1-16-4-7-20(8-5-16)25-23(28)24-14-17-3-2-11-26(15-17)22(27)19-6-9-21-18(13-19)10-12-29-21/h4-9,13,17H,2-3,10-12,14-15H2,1H3,(H2,24,25,28). The molecule has 2 aromatic rings. The van der Waals surface area contributed by atoms with Crippen LogP contribution in [0, 0.1) is 12.8 Å². The first kappa shape index (κ1) is 19.3. The molecule has 6 heteroatoms. The van der Waals surface area contributed by atoms with E-state index in [0.717, 1.165) is 53.9 Å². The Hall–Kier alpha value is -3.02. The number of rotatable bonds is 4. The summed E-state index contributed by atoms with van der Waals surface area (Å²) in [5.41, 5.74) is 3.76. The summed E-state index contributed by atoms with van der Waals surface area (Å²) in [5, 5.41) is 5.79. The Labute approximate surface area is 171 Å². The van der Waals surface area contributed by atoms with Crippen molar-refractivity contribution in [2.45, 2.75) is 26.2 Å². The van der Waals surface area contributed by atoms with Crippen LogP contribution in [0.3, 0.4) is 0 Å². The van der Waals surface area contributed by atoms with Crippen LogP contribution in [0.15, 0.2) is 42.5 Å². The van der Waals surface area contributed by atoms with Crippen LogP contribution >= 0.6 is 0 Å². The number of aryl methyl sites for hydroxylation is 1. The molecule has 0 aliphatic carbocycles. The predicted octanol–water partition coefficient (Wildman–Crippen LogP) is 3.60. The van der Waals surface area contributed by atoms with E-state index in [1.807, 2.05) is 54.3 Å². The molecule has 0 spiro atoms. The largest absolute Gasteiger partial charge is 0.493 e. The van der Waals surface area contributed by atoms with Gasteiger partial charge in [0, 0.05) is 37.3 Å². The number of urea groups is 1. The second kappa shape index (κ2) is 8.55. The van der Waals surface area contributed by atoms with Crippen molar-refractivity contribution >= 4 is 17.6 Å². The number of carbonyl (C=O) groups excluding carboxylic acids is 2. The minimum atomic E-state index is -0.212. The Morgan fingerprint density at radius 3 is 2.83 bits per heavy atom. The molecule has 0 saturated carbocycles. The van der Waals surface area contributed by atoms with Crippen molar-refractivity contribution in [1.82, 2.24) is 10.2 Å². The van der Waals surface area contributed by atoms with E-state index in [1.165, 1.54) is 0 Å². The number of fused-ring (bicyclic) bond motifs is 1. The summed E-state index contributed by atoms with van der Waals surface area (Å²) >= 11 is 0. The molecule has 0 bridgehead atoms. The van der Waals surface area contributed by atoms with Gasteiger partial charge in [-0.25, -0.2) is 4.79 Å². The first-order chi connectivity index (χ1) is 14.1. The normalized spacial score (nSPS) is 18.0. The van der Waals surface area contributed by atoms with E-state index in [1.54, 1.807) is 0 Å². The third kappa shape index (κ3) is 4.70. The molecule has 1 unspecified atom stereocenters. The van der Waals surface area contributed by atoms with E-state index < -0.39 is 0 Å². The average Bonchev–Trinajstić information content (AvgIpc) is 3.21. The Morgan fingerprint density at radius 1 is 1.17 bits per heavy atom. The molecule has 6 nitrogen and oxygen atoms in total. The molecule has 1 saturated heterocycles. The predicted molar refractivity (Wildman–Crippen MR) is 112 cm³/mol. The van der Waals surface area contributed by atoms with Gasteiger partial charge in [-0.15, -0.1) is 0 Å². The van der Waals surface area contributed by atoms with E-state index >= 15 is 0 Å². The van der Waals surface area contributed by atoms with Crippen LogP contribution < -0.4 is 15.4 Å². The lowest BCUT2D eigenvalue weighted by Gasteiger charge is -2.33. The van der Waals surface area contributed by atoms with Crippen LogP contribution in [0.5, 0.6) is 5.75 Å². The zero-order valence-corrected chi connectivity index (χ0v) is 16.7. The van der Waals surface area contributed by atoms with Gasteiger partial charge in [0.1, 0.15) is 5.75 Å². The molecular weight excluding hydrogens is 366 g/mol. The van der Waals surface area contributed by atoms with Gasteiger partial charge >= 0.3 is 6.03 Å². The Kier molecular flexibility index (Phi) is 5.69. The van der Waals surface area contributed by atoms with Crippen LogP contribution in [0.4, 0.5) is 10.5 Å². The highest BCUT2D eigenvalue weighted by Crippen LogP contribution is 2.27. The SMILES string of the molecule is Cc1ccc(NC(=O)NCC2CCCN(C(=O)c3ccc4c(c3)CCO4)C2)cc1. The molecular formula is C23H27N3O3. The molecule has 2 aliphatic rings. The number of amides is 3. The molecule has 2 aromatic carbocycles. The maximum Gasteiger partial charge on any atom is 0.319 e. The van der Waals surface area contributed by atoms with Crippen LogP contribution in [0.25, 0.3) is 0 Å². The first-order valence-corrected chi connectivity index (χ1v) is 10.2. The highest BCUT2D eigenvalue weighted by molar-refractivity contribution is 5.94. The third-order valence-electron chi connectivity index (χ3n) is 5.60. The number of ether oxygens (including phenoxy) is 1. The molecule has 2 aliphatic heterocycles. The van der Waals surface area contributed by atoms with Crippen molar-refractivity contribution in [3.05, 3.63) is 59.2 Å². The van der Waals surface area contributed by atoms with Crippen LogP contribution in [0.1, 0.15) is 34.3 Å². The number of nitrogens with one attached hydrogen (secondary N) is 2. The minimum Gasteiger partial charge on any atom is -0.493 e. The van der Waals surface area contributed by atoms with Crippen molar-refractivity contribution in [2.24, 2.45) is 5.92 Å². The maximum atomic E-state index is 12.9. The molecule has 29 heavy (non-hydrogen) atoms. The van der Waals surface area contributed by atoms with Crippen LogP contribution in [-0.2, 0) is 6.42 Å². The van der Waals surface area contributed by atoms with Gasteiger partial charge < -0.3 is 20.3 Å². The smallest absolute Gasteiger partial charge is 0.319 e. The topological polar surface area (TPSA) is 70.7 Å². The number of anilines is 1. The van der Waals surface area contributed by atoms with Gasteiger partial charge in [-0.2, -0.15) is 0 Å². The fourth-order valence-electron chi connectivity index (χ4n) is 3.97. The molecule has 3 amide bonds. The van der Waals surface area contributed by atoms with Gasteiger partial charge in [0.2, 0.25) is 0 Å². The molecule has 2 N–H and O–H groups in total. The lowest BCUT2D eigenvalue weighted by molar-refractivity contribution is 0.0675. The van der Waals surface area contributed by atoms with Crippen molar-refractivity contribution in [3.63, 3.8) is 0 Å². The zero-order valence-electron chi connectivity index (χ0n) is 16.7. The third-order valence-corrected chi connectivity index (χ3v) is 5.60. The molecule has 152 valence electrons. The lowest BCUT2D eigenvalue weighted by atomic mass is 9.97. The van der Waals surface area contributed by atoms with E-state index in [4.69, 9.17) is 4.74 Å². The number of nitrogens with zero attached hydrogens (tertiary/aromatic N) is 1. The van der Waals surface area contributed by atoms with E-state index in [9.17, 15) is 9.59 Å². The lowest BCUT2D eigenvalue weighted by Crippen LogP contribution is -2.44. The molecule has 4 rings (SSSR count). The summed E-state index contributed by atoms with van der Waals surface area (Å²) in [7, 11) is 0. The number of hydrogen-bond acceptors (Lipinski definition) is 3. The molecule has 0 radical (unpaired) electrons. The molecule has 1 fully saturated rings. The van der Waals surface area contributed by atoms with Gasteiger partial charge in [0.05, 0.1) is 6.61 Å². The van der Waals surface area contributed by atoms with Crippen molar-refractivity contribution in [1.29, 1.82) is 0 Å². The first-order valence-electron chi connectivity index (χ1n) is 10.2. The van der Waals surface area contributed by atoms with Gasteiger partial charge in [0.15, 0.2) is 0 Å². The van der Waals surface area contributed by atoms with Crippen molar-refractivity contribution < 1.29 is 14.3 Å². The minimum absolute atomic E-state index is 0.0634. The average molecular weight is 393 g/mol. The molecule has 2 heterocycles. The van der Waals surface area contributed by atoms with E-state index in [-0.39, 0.29) is 17.9 Å². The summed E-state index contributed by atoms with van der Waals surface area (Å²) in [4.78, 5) is 27.0. The maximum absolute atomic E-state index is 12.9. The van der Waals surface area contributed by atoms with Crippen molar-refractivity contribution in [2.75, 3.05) is 31.6 Å². The van der Waals surface area contributed by atoms with Crippen molar-refractivity contribution in [3.8, 4) is 5.75 Å². The summed E-state index contributed by atoms with van der Waals surface area (Å²) in [6.07, 6.45) is 2.82. The van der Waals surface area contributed by atoms with Gasteiger partial charge in [0.25, 0.3) is 5.91 Å². The van der Waals surface area contributed by atoms with Crippen LogP contribution in [-0.4, -0.2) is 43.1 Å². The van der Waals surface area contributed by atoms with Gasteiger partial charge in [-0.05, 0) is 61.6 Å². The number of likely N-dealkylation sites (tertiary alicyclic amines) is 1. The highest BCUT2D eigenvalue weighted by atomic mass is 16.5. The summed E-state index contributed by atoms with van der Waals surface area (Å²) in [6, 6.07) is 13.2. The van der Waals surface area contributed by atoms with Gasteiger partial charge in [-0.3, -0.25) is 4.79 Å². The van der Waals surface area contributed by atoms with Gasteiger partial charge in [-0.1, -0.05) is 17.7 Å². The Morgan fingerprint density at radius 2 is 2.00 bits per heavy atom. The van der Waals surface area contributed by atoms with Crippen LogP contribution in [0.2, 0.25) is 0 Å². The second-order valence-corrected chi connectivity index (χ2v) is 7.88. The summed E-state index contributed by atoms with van der Waals surface area (Å²) < 4.78 is 5.53. The van der Waals surface area contributed by atoms with E-state index in [0.29, 0.717) is 19.7 Å². The number of hydrogen-bond donors (Lipinski definition) is 2. The quantitative estimate of drug-likeness (QED) is 0.834. The van der Waals surface area contributed by atoms with E-state index in [2.05, 4.69) is 10.6 Å². The molecule has 0 aromatic heterocycles. The fraction of sp³-hybridized carbons (Fsp3) is 0.391. The Balaban J connectivity index is 1.29. The molecule has 1 atom stereocenters. The highest BCUT2D eigenvalue weighted by Gasteiger charge is 2.26. The Bertz CT molecular complexity index is 895.